The second-order valence-corrected chi connectivity index (χ2v) is 9.56. The average molecular weight is 411 g/mol. The number of nitrogens with one attached hydrogen (secondary N) is 2. The van der Waals surface area contributed by atoms with Crippen LogP contribution in [0.5, 0.6) is 0 Å². The number of aryl methyl sites for hydroxylation is 1. The van der Waals surface area contributed by atoms with Crippen LogP contribution in [0.3, 0.4) is 0 Å². The molecule has 1 aromatic heterocycles. The number of hydrogen-bond acceptors (Lipinski definition) is 6. The Balaban J connectivity index is 1.54. The molecule has 1 amide bonds. The SMILES string of the molecule is Cc1ccc(Cl)cc1NC(=O)C(C)Sc1nnc(NC2CCCCC2)s1. The predicted molar refractivity (Wildman–Crippen MR) is 111 cm³/mol. The quantitative estimate of drug-likeness (QED) is 0.627. The van der Waals surface area contributed by atoms with Crippen LogP contribution in [0.1, 0.15) is 44.6 Å². The third-order valence-corrected chi connectivity index (χ3v) is 6.72. The maximum Gasteiger partial charge on any atom is 0.237 e. The first-order valence-electron chi connectivity index (χ1n) is 8.85. The molecule has 0 saturated heterocycles. The van der Waals surface area contributed by atoms with Gasteiger partial charge in [-0.15, -0.1) is 10.2 Å². The fourth-order valence-electron chi connectivity index (χ4n) is 2.91. The Morgan fingerprint density at radius 2 is 2.08 bits per heavy atom. The van der Waals surface area contributed by atoms with E-state index in [-0.39, 0.29) is 11.2 Å². The minimum atomic E-state index is -0.274. The summed E-state index contributed by atoms with van der Waals surface area (Å²) >= 11 is 8.95. The van der Waals surface area contributed by atoms with Crippen LogP contribution in [-0.4, -0.2) is 27.4 Å². The molecule has 1 aromatic carbocycles. The summed E-state index contributed by atoms with van der Waals surface area (Å²) in [5, 5.41) is 16.0. The van der Waals surface area contributed by atoms with Crippen molar-refractivity contribution in [2.75, 3.05) is 10.6 Å². The number of aromatic nitrogens is 2. The van der Waals surface area contributed by atoms with Crippen LogP contribution in [0.15, 0.2) is 22.5 Å². The van der Waals surface area contributed by atoms with Crippen molar-refractivity contribution in [3.63, 3.8) is 0 Å². The molecular formula is C18H23ClN4OS2. The van der Waals surface area contributed by atoms with Crippen LogP contribution in [-0.2, 0) is 4.79 Å². The number of hydrogen-bond donors (Lipinski definition) is 2. The van der Waals surface area contributed by atoms with Crippen molar-refractivity contribution in [1.29, 1.82) is 0 Å². The normalized spacial score (nSPS) is 16.3. The lowest BCUT2D eigenvalue weighted by Crippen LogP contribution is -2.22. The molecule has 3 rings (SSSR count). The molecule has 26 heavy (non-hydrogen) atoms. The lowest BCUT2D eigenvalue weighted by molar-refractivity contribution is -0.115. The molecule has 2 N–H and O–H groups in total. The second-order valence-electron chi connectivity index (χ2n) is 6.56. The molecular weight excluding hydrogens is 388 g/mol. The Hall–Kier alpha value is -1.31. The predicted octanol–water partition coefficient (Wildman–Crippen LogP) is 5.36. The molecule has 5 nitrogen and oxygen atoms in total. The van der Waals surface area contributed by atoms with E-state index < -0.39 is 0 Å². The molecule has 0 bridgehead atoms. The summed E-state index contributed by atoms with van der Waals surface area (Å²) in [6, 6.07) is 5.97. The zero-order valence-corrected chi connectivity index (χ0v) is 17.3. The van der Waals surface area contributed by atoms with Gasteiger partial charge in [-0.05, 0) is 44.4 Å². The summed E-state index contributed by atoms with van der Waals surface area (Å²) in [4.78, 5) is 12.5. The van der Waals surface area contributed by atoms with Gasteiger partial charge < -0.3 is 10.6 Å². The number of thioether (sulfide) groups is 1. The topological polar surface area (TPSA) is 66.9 Å². The molecule has 1 aliphatic carbocycles. The molecule has 0 aliphatic heterocycles. The van der Waals surface area contributed by atoms with E-state index in [0.717, 1.165) is 20.7 Å². The van der Waals surface area contributed by atoms with Crippen molar-refractivity contribution in [3.05, 3.63) is 28.8 Å². The van der Waals surface area contributed by atoms with Gasteiger partial charge in [0.05, 0.1) is 5.25 Å². The maximum absolute atomic E-state index is 12.5. The van der Waals surface area contributed by atoms with E-state index in [0.29, 0.717) is 11.1 Å². The van der Waals surface area contributed by atoms with Crippen molar-refractivity contribution >= 4 is 51.4 Å². The number of anilines is 2. The highest BCUT2D eigenvalue weighted by Gasteiger charge is 2.19. The maximum atomic E-state index is 12.5. The van der Waals surface area contributed by atoms with Crippen molar-refractivity contribution in [3.8, 4) is 0 Å². The van der Waals surface area contributed by atoms with E-state index in [2.05, 4.69) is 20.8 Å². The standard InChI is InChI=1S/C18H23ClN4OS2/c1-11-8-9-13(19)10-15(11)21-16(24)12(2)25-18-23-22-17(26-18)20-14-6-4-3-5-7-14/h8-10,12,14H,3-7H2,1-2H3,(H,20,22)(H,21,24). The zero-order valence-electron chi connectivity index (χ0n) is 14.9. The Bertz CT molecular complexity index is 761. The van der Waals surface area contributed by atoms with Gasteiger partial charge >= 0.3 is 0 Å². The van der Waals surface area contributed by atoms with Crippen LogP contribution in [0.4, 0.5) is 10.8 Å². The first kappa shape index (κ1) is 19.5. The Morgan fingerprint density at radius 1 is 1.31 bits per heavy atom. The van der Waals surface area contributed by atoms with Gasteiger partial charge in [0, 0.05) is 16.8 Å². The van der Waals surface area contributed by atoms with Gasteiger partial charge in [-0.1, -0.05) is 60.0 Å². The summed E-state index contributed by atoms with van der Waals surface area (Å²) in [5.41, 5.74) is 1.72. The summed E-state index contributed by atoms with van der Waals surface area (Å²) in [5.74, 6) is -0.0719. The second kappa shape index (κ2) is 9.06. The number of amides is 1. The van der Waals surface area contributed by atoms with Crippen molar-refractivity contribution < 1.29 is 4.79 Å². The molecule has 2 aromatic rings. The van der Waals surface area contributed by atoms with Gasteiger partial charge in [-0.2, -0.15) is 0 Å². The van der Waals surface area contributed by atoms with E-state index >= 15 is 0 Å². The highest BCUT2D eigenvalue weighted by atomic mass is 35.5. The highest BCUT2D eigenvalue weighted by Crippen LogP contribution is 2.31. The minimum Gasteiger partial charge on any atom is -0.357 e. The molecule has 1 saturated carbocycles. The summed E-state index contributed by atoms with van der Waals surface area (Å²) in [7, 11) is 0. The molecule has 1 heterocycles. The van der Waals surface area contributed by atoms with Crippen LogP contribution in [0.2, 0.25) is 5.02 Å². The molecule has 1 unspecified atom stereocenters. The van der Waals surface area contributed by atoms with E-state index in [1.165, 1.54) is 55.2 Å². The van der Waals surface area contributed by atoms with Crippen LogP contribution >= 0.6 is 34.7 Å². The molecule has 8 heteroatoms. The van der Waals surface area contributed by atoms with Crippen LogP contribution < -0.4 is 10.6 Å². The molecule has 140 valence electrons. The third kappa shape index (κ3) is 5.34. The van der Waals surface area contributed by atoms with Crippen molar-refractivity contribution in [1.82, 2.24) is 10.2 Å². The lowest BCUT2D eigenvalue weighted by atomic mass is 9.96. The van der Waals surface area contributed by atoms with Crippen LogP contribution in [0.25, 0.3) is 0 Å². The third-order valence-electron chi connectivity index (χ3n) is 4.44. The minimum absolute atomic E-state index is 0.0719. The molecule has 1 atom stereocenters. The fourth-order valence-corrected chi connectivity index (χ4v) is 5.05. The number of nitrogens with zero attached hydrogens (tertiary/aromatic N) is 2. The molecule has 1 aliphatic rings. The van der Waals surface area contributed by atoms with Crippen molar-refractivity contribution in [2.45, 2.75) is 61.6 Å². The van der Waals surface area contributed by atoms with Gasteiger partial charge in [-0.3, -0.25) is 4.79 Å². The van der Waals surface area contributed by atoms with E-state index in [1.54, 1.807) is 6.07 Å². The van der Waals surface area contributed by atoms with Crippen molar-refractivity contribution in [2.24, 2.45) is 0 Å². The highest BCUT2D eigenvalue weighted by molar-refractivity contribution is 8.02. The van der Waals surface area contributed by atoms with Gasteiger partial charge in [0.2, 0.25) is 11.0 Å². The first-order chi connectivity index (χ1) is 12.5. The average Bonchev–Trinajstić information content (AvgIpc) is 3.05. The molecule has 1 fully saturated rings. The van der Waals surface area contributed by atoms with E-state index in [4.69, 9.17) is 11.6 Å². The zero-order chi connectivity index (χ0) is 18.5. The fraction of sp³-hybridized carbons (Fsp3) is 0.500. The first-order valence-corrected chi connectivity index (χ1v) is 10.9. The largest absolute Gasteiger partial charge is 0.357 e. The number of halogens is 1. The Morgan fingerprint density at radius 3 is 2.85 bits per heavy atom. The smallest absolute Gasteiger partial charge is 0.237 e. The van der Waals surface area contributed by atoms with Gasteiger partial charge in [0.1, 0.15) is 0 Å². The summed E-state index contributed by atoms with van der Waals surface area (Å²) in [6.45, 7) is 3.81. The molecule has 0 radical (unpaired) electrons. The Kier molecular flexibility index (Phi) is 6.78. The number of carbonyl (C=O) groups excluding carboxylic acids is 1. The van der Waals surface area contributed by atoms with E-state index in [1.807, 2.05) is 26.0 Å². The van der Waals surface area contributed by atoms with Gasteiger partial charge in [-0.25, -0.2) is 0 Å². The summed E-state index contributed by atoms with van der Waals surface area (Å²) < 4.78 is 0.800. The van der Waals surface area contributed by atoms with Crippen LogP contribution in [0, 0.1) is 6.92 Å². The number of carbonyl (C=O) groups is 1. The molecule has 0 spiro atoms. The summed E-state index contributed by atoms with van der Waals surface area (Å²) in [6.07, 6.45) is 6.27. The van der Waals surface area contributed by atoms with Gasteiger partial charge in [0.25, 0.3) is 0 Å². The Labute approximate surface area is 167 Å². The van der Waals surface area contributed by atoms with E-state index in [9.17, 15) is 4.79 Å². The van der Waals surface area contributed by atoms with Gasteiger partial charge in [0.15, 0.2) is 4.34 Å². The number of rotatable bonds is 6. The lowest BCUT2D eigenvalue weighted by Gasteiger charge is -2.21. The monoisotopic (exact) mass is 410 g/mol. The number of benzene rings is 1.